The van der Waals surface area contributed by atoms with E-state index in [9.17, 15) is 19.8 Å². The number of nitrogens with one attached hydrogen (secondary N) is 1. The van der Waals surface area contributed by atoms with E-state index in [1.54, 1.807) is 6.08 Å². The van der Waals surface area contributed by atoms with E-state index in [1.165, 1.54) is 308 Å². The van der Waals surface area contributed by atoms with Crippen molar-refractivity contribution in [3.05, 3.63) is 36.5 Å². The minimum Gasteiger partial charge on any atom is -0.466 e. The third kappa shape index (κ3) is 61.3. The molecular formula is C70H133NO5. The molecule has 6 nitrogen and oxygen atoms in total. The molecule has 2 unspecified atom stereocenters. The summed E-state index contributed by atoms with van der Waals surface area (Å²) in [6.07, 6.45) is 83.7. The fraction of sp³-hybridized carbons (Fsp3) is 0.886. The first kappa shape index (κ1) is 74.1. The highest BCUT2D eigenvalue weighted by Gasteiger charge is 2.18. The molecule has 0 fully saturated rings. The second-order valence-electron chi connectivity index (χ2n) is 23.5. The topological polar surface area (TPSA) is 95.9 Å². The quantitative estimate of drug-likeness (QED) is 0.0320. The van der Waals surface area contributed by atoms with Gasteiger partial charge in [-0.2, -0.15) is 0 Å². The van der Waals surface area contributed by atoms with Crippen molar-refractivity contribution in [3.8, 4) is 0 Å². The summed E-state index contributed by atoms with van der Waals surface area (Å²) in [4.78, 5) is 24.5. The van der Waals surface area contributed by atoms with Crippen molar-refractivity contribution in [2.24, 2.45) is 0 Å². The number of esters is 1. The maximum absolute atomic E-state index is 12.4. The van der Waals surface area contributed by atoms with Crippen molar-refractivity contribution in [2.45, 2.75) is 386 Å². The first-order valence-electron chi connectivity index (χ1n) is 34.3. The maximum atomic E-state index is 12.4. The van der Waals surface area contributed by atoms with Gasteiger partial charge in [0.05, 0.1) is 25.4 Å². The number of allylic oxidation sites excluding steroid dienone is 5. The van der Waals surface area contributed by atoms with Gasteiger partial charge in [0.15, 0.2) is 0 Å². The van der Waals surface area contributed by atoms with Gasteiger partial charge in [0, 0.05) is 12.8 Å². The average Bonchev–Trinajstić information content (AvgIpc) is 3.42. The number of unbranched alkanes of at least 4 members (excludes halogenated alkanes) is 49. The van der Waals surface area contributed by atoms with Crippen LogP contribution in [-0.4, -0.2) is 47.4 Å². The number of ether oxygens (including phenoxy) is 1. The Hall–Kier alpha value is -1.92. The largest absolute Gasteiger partial charge is 0.466 e. The highest BCUT2D eigenvalue weighted by molar-refractivity contribution is 5.76. The lowest BCUT2D eigenvalue weighted by Gasteiger charge is -2.20. The fourth-order valence-electron chi connectivity index (χ4n) is 10.6. The van der Waals surface area contributed by atoms with Crippen molar-refractivity contribution in [3.63, 3.8) is 0 Å². The molecule has 0 aliphatic carbocycles. The van der Waals surface area contributed by atoms with Gasteiger partial charge in [0.25, 0.3) is 0 Å². The predicted octanol–water partition coefficient (Wildman–Crippen LogP) is 21.9. The lowest BCUT2D eigenvalue weighted by atomic mass is 10.0. The van der Waals surface area contributed by atoms with Gasteiger partial charge in [-0.05, 0) is 83.5 Å². The molecule has 0 aromatic rings. The van der Waals surface area contributed by atoms with E-state index in [4.69, 9.17) is 4.74 Å². The molecule has 0 rings (SSSR count). The summed E-state index contributed by atoms with van der Waals surface area (Å²) < 4.78 is 5.51. The van der Waals surface area contributed by atoms with Gasteiger partial charge < -0.3 is 20.3 Å². The summed E-state index contributed by atoms with van der Waals surface area (Å²) >= 11 is 0. The normalized spacial score (nSPS) is 12.7. The van der Waals surface area contributed by atoms with Crippen molar-refractivity contribution in [2.75, 3.05) is 13.2 Å². The molecule has 0 heterocycles. The van der Waals surface area contributed by atoms with E-state index >= 15 is 0 Å². The molecule has 448 valence electrons. The minimum absolute atomic E-state index is 0.0166. The van der Waals surface area contributed by atoms with E-state index in [-0.39, 0.29) is 18.5 Å². The molecule has 1 amide bonds. The molecule has 0 radical (unpaired) electrons. The number of hydrogen-bond donors (Lipinski definition) is 3. The minimum atomic E-state index is -0.841. The molecule has 0 saturated heterocycles. The SMILES string of the molecule is CCCCCCCC/C=C\CCCCCCCCCCCC(=O)OCCCCCCCCCCCCCC/C=C\CCCCCCCCCCCCCCCCC(=O)NC(CO)C(O)/C=C/CCCCCCCCCC. The Bertz CT molecular complexity index is 1230. The van der Waals surface area contributed by atoms with Crippen LogP contribution in [0.2, 0.25) is 0 Å². The molecule has 3 N–H and O–H groups in total. The molecule has 0 bridgehead atoms. The molecule has 0 aromatic carbocycles. The standard InChI is InChI=1S/C70H133NO5/c1-3-5-7-9-11-13-15-16-17-18-31-35-38-41-44-48-52-56-60-64-70(75)76-65-61-57-53-49-45-42-39-36-33-30-28-26-24-22-20-19-21-23-25-27-29-32-34-37-40-43-47-51-55-59-63-69(74)71-67(66-72)68(73)62-58-54-50-46-14-12-10-8-6-4-2/h16-17,20,22,58,62,67-68,72-73H,3-15,18-19,21,23-57,59-61,63-66H2,1-2H3,(H,71,74)/b17-16-,22-20-,62-58+. The summed E-state index contributed by atoms with van der Waals surface area (Å²) in [7, 11) is 0. The molecular weight excluding hydrogens is 935 g/mol. The van der Waals surface area contributed by atoms with Gasteiger partial charge in [-0.25, -0.2) is 0 Å². The van der Waals surface area contributed by atoms with Gasteiger partial charge in [0.1, 0.15) is 0 Å². The lowest BCUT2D eigenvalue weighted by Crippen LogP contribution is -2.45. The molecule has 0 spiro atoms. The predicted molar refractivity (Wildman–Crippen MR) is 333 cm³/mol. The Morgan fingerprint density at radius 3 is 0.934 bits per heavy atom. The Balaban J connectivity index is 3.34. The summed E-state index contributed by atoms with van der Waals surface area (Å²) in [6, 6.07) is -0.625. The second kappa shape index (κ2) is 65.6. The highest BCUT2D eigenvalue weighted by Crippen LogP contribution is 2.18. The number of amides is 1. The van der Waals surface area contributed by atoms with Crippen LogP contribution in [0.25, 0.3) is 0 Å². The summed E-state index contributed by atoms with van der Waals surface area (Å²) in [5.41, 5.74) is 0. The third-order valence-corrected chi connectivity index (χ3v) is 15.9. The van der Waals surface area contributed by atoms with Crippen molar-refractivity contribution < 1.29 is 24.5 Å². The molecule has 0 aromatic heterocycles. The number of carbonyl (C=O) groups is 2. The number of rotatable bonds is 64. The highest BCUT2D eigenvalue weighted by atomic mass is 16.5. The maximum Gasteiger partial charge on any atom is 0.305 e. The van der Waals surface area contributed by atoms with E-state index in [2.05, 4.69) is 43.5 Å². The zero-order chi connectivity index (χ0) is 55.0. The summed E-state index contributed by atoms with van der Waals surface area (Å²) in [6.45, 7) is 4.90. The van der Waals surface area contributed by atoms with Crippen LogP contribution in [0.3, 0.4) is 0 Å². The van der Waals surface area contributed by atoms with Gasteiger partial charge >= 0.3 is 5.97 Å². The van der Waals surface area contributed by atoms with Gasteiger partial charge in [-0.1, -0.05) is 314 Å². The summed E-state index contributed by atoms with van der Waals surface area (Å²) in [5.74, 6) is -0.0508. The van der Waals surface area contributed by atoms with Crippen LogP contribution >= 0.6 is 0 Å². The molecule has 0 aliphatic heterocycles. The first-order chi connectivity index (χ1) is 37.5. The van der Waals surface area contributed by atoms with Gasteiger partial charge in [0.2, 0.25) is 5.91 Å². The van der Waals surface area contributed by atoms with E-state index < -0.39 is 12.1 Å². The average molecular weight is 1070 g/mol. The molecule has 2 atom stereocenters. The number of hydrogen-bond acceptors (Lipinski definition) is 5. The lowest BCUT2D eigenvalue weighted by molar-refractivity contribution is -0.143. The first-order valence-corrected chi connectivity index (χ1v) is 34.3. The molecule has 0 saturated carbocycles. The summed E-state index contributed by atoms with van der Waals surface area (Å²) in [5, 5.41) is 23.0. The van der Waals surface area contributed by atoms with Crippen molar-refractivity contribution >= 4 is 11.9 Å². The Labute approximate surface area is 474 Å². The smallest absolute Gasteiger partial charge is 0.305 e. The van der Waals surface area contributed by atoms with Crippen LogP contribution in [-0.2, 0) is 14.3 Å². The second-order valence-corrected chi connectivity index (χ2v) is 23.5. The third-order valence-electron chi connectivity index (χ3n) is 15.9. The monoisotopic (exact) mass is 1070 g/mol. The zero-order valence-corrected chi connectivity index (χ0v) is 51.3. The van der Waals surface area contributed by atoms with Crippen LogP contribution in [0.5, 0.6) is 0 Å². The zero-order valence-electron chi connectivity index (χ0n) is 51.3. The van der Waals surface area contributed by atoms with Crippen LogP contribution in [0, 0.1) is 0 Å². The van der Waals surface area contributed by atoms with Crippen LogP contribution in [0.15, 0.2) is 36.5 Å². The van der Waals surface area contributed by atoms with E-state index in [0.29, 0.717) is 19.4 Å². The van der Waals surface area contributed by atoms with Crippen LogP contribution in [0.1, 0.15) is 373 Å². The molecule has 6 heteroatoms. The van der Waals surface area contributed by atoms with Crippen molar-refractivity contribution in [1.82, 2.24) is 5.32 Å². The van der Waals surface area contributed by atoms with Crippen molar-refractivity contribution in [1.29, 1.82) is 0 Å². The number of aliphatic hydroxyl groups is 2. The Morgan fingerprint density at radius 1 is 0.355 bits per heavy atom. The molecule has 0 aliphatic rings. The van der Waals surface area contributed by atoms with E-state index in [1.807, 2.05) is 6.08 Å². The number of carbonyl (C=O) groups excluding carboxylic acids is 2. The van der Waals surface area contributed by atoms with Gasteiger partial charge in [-0.3, -0.25) is 9.59 Å². The number of aliphatic hydroxyl groups excluding tert-OH is 2. The van der Waals surface area contributed by atoms with E-state index in [0.717, 1.165) is 38.5 Å². The Kier molecular flexibility index (Phi) is 63.9. The Morgan fingerprint density at radius 2 is 0.618 bits per heavy atom. The fourth-order valence-corrected chi connectivity index (χ4v) is 10.6. The van der Waals surface area contributed by atoms with Crippen LogP contribution in [0.4, 0.5) is 0 Å². The van der Waals surface area contributed by atoms with Gasteiger partial charge in [-0.15, -0.1) is 0 Å². The molecule has 76 heavy (non-hydrogen) atoms. The van der Waals surface area contributed by atoms with Crippen LogP contribution < -0.4 is 5.32 Å².